The van der Waals surface area contributed by atoms with Crippen LogP contribution in [0.2, 0.25) is 0 Å². The summed E-state index contributed by atoms with van der Waals surface area (Å²) >= 11 is 0. The fourth-order valence-corrected chi connectivity index (χ4v) is 4.84. The van der Waals surface area contributed by atoms with Gasteiger partial charge in [-0.1, -0.05) is 56.3 Å². The summed E-state index contributed by atoms with van der Waals surface area (Å²) in [5.41, 5.74) is 0.412. The maximum atomic E-state index is 13.1. The van der Waals surface area contributed by atoms with E-state index in [9.17, 15) is 18.0 Å². The van der Waals surface area contributed by atoms with E-state index in [0.29, 0.717) is 11.8 Å². The quantitative estimate of drug-likeness (QED) is 0.406. The third-order valence-corrected chi connectivity index (χ3v) is 6.53. The number of rotatable bonds is 9. The highest BCUT2D eigenvalue weighted by atomic mass is 32.2. The summed E-state index contributed by atoms with van der Waals surface area (Å²) in [6.07, 6.45) is 0.385. The minimum absolute atomic E-state index is 0.122. The van der Waals surface area contributed by atoms with Crippen LogP contribution in [0.25, 0.3) is 10.8 Å². The van der Waals surface area contributed by atoms with Crippen LogP contribution in [0, 0.1) is 17.2 Å². The molecule has 3 N–H and O–H groups in total. The first-order chi connectivity index (χ1) is 16.2. The van der Waals surface area contributed by atoms with Crippen LogP contribution in [0.5, 0.6) is 0 Å². The Morgan fingerprint density at radius 2 is 1.71 bits per heavy atom. The number of nitriles is 1. The van der Waals surface area contributed by atoms with Crippen molar-refractivity contribution < 1.29 is 18.0 Å². The van der Waals surface area contributed by atoms with Crippen molar-refractivity contribution in [3.8, 4) is 6.07 Å². The van der Waals surface area contributed by atoms with Crippen molar-refractivity contribution in [3.63, 3.8) is 0 Å². The molecule has 1 unspecified atom stereocenters. The monoisotopic (exact) mass is 478 g/mol. The summed E-state index contributed by atoms with van der Waals surface area (Å²) in [7, 11) is -3.92. The van der Waals surface area contributed by atoms with Gasteiger partial charge in [-0.15, -0.1) is 0 Å². The van der Waals surface area contributed by atoms with Gasteiger partial charge in [-0.3, -0.25) is 14.3 Å². The molecule has 0 aromatic heterocycles. The molecule has 0 saturated heterocycles. The molecule has 0 aliphatic heterocycles. The Labute approximate surface area is 199 Å². The number of carbonyl (C=O) groups excluding carboxylic acids is 2. The van der Waals surface area contributed by atoms with E-state index in [0.717, 1.165) is 5.39 Å². The Hall–Kier alpha value is -3.90. The zero-order valence-electron chi connectivity index (χ0n) is 18.9. The Kier molecular flexibility index (Phi) is 7.87. The number of fused-ring (bicyclic) bond motifs is 1. The van der Waals surface area contributed by atoms with Crippen molar-refractivity contribution in [2.75, 3.05) is 11.3 Å². The van der Waals surface area contributed by atoms with Gasteiger partial charge in [0.1, 0.15) is 12.6 Å². The van der Waals surface area contributed by atoms with Crippen LogP contribution in [-0.4, -0.2) is 32.8 Å². The Morgan fingerprint density at radius 3 is 2.44 bits per heavy atom. The molecule has 176 valence electrons. The van der Waals surface area contributed by atoms with E-state index in [1.807, 2.05) is 38.1 Å². The van der Waals surface area contributed by atoms with Crippen LogP contribution in [0.1, 0.15) is 30.6 Å². The van der Waals surface area contributed by atoms with Crippen LogP contribution in [-0.2, 0) is 14.8 Å². The van der Waals surface area contributed by atoms with E-state index in [4.69, 9.17) is 5.26 Å². The number of nitrogens with zero attached hydrogens (tertiary/aromatic N) is 1. The summed E-state index contributed by atoms with van der Waals surface area (Å²) in [5, 5.41) is 15.2. The molecule has 3 rings (SSSR count). The number of nitrogens with one attached hydrogen (secondary N) is 3. The van der Waals surface area contributed by atoms with Gasteiger partial charge in [0.25, 0.3) is 15.9 Å². The fraction of sp³-hybridized carbons (Fsp3) is 0.240. The molecular weight excluding hydrogens is 452 g/mol. The lowest BCUT2D eigenvalue weighted by atomic mass is 10.0. The summed E-state index contributed by atoms with van der Waals surface area (Å²) in [6.45, 7) is 3.67. The Bertz CT molecular complexity index is 1340. The molecule has 0 saturated carbocycles. The molecular formula is C25H26N4O4S. The van der Waals surface area contributed by atoms with Crippen molar-refractivity contribution in [2.45, 2.75) is 31.2 Å². The molecule has 3 aromatic carbocycles. The van der Waals surface area contributed by atoms with Crippen LogP contribution >= 0.6 is 0 Å². The van der Waals surface area contributed by atoms with Gasteiger partial charge in [0.15, 0.2) is 0 Å². The number of sulfonamides is 1. The third kappa shape index (κ3) is 6.11. The van der Waals surface area contributed by atoms with Crippen molar-refractivity contribution in [2.24, 2.45) is 5.92 Å². The molecule has 0 aliphatic carbocycles. The van der Waals surface area contributed by atoms with Crippen LogP contribution in [0.15, 0.2) is 71.6 Å². The van der Waals surface area contributed by atoms with Crippen molar-refractivity contribution in [1.29, 1.82) is 5.26 Å². The van der Waals surface area contributed by atoms with Gasteiger partial charge >= 0.3 is 0 Å². The topological polar surface area (TPSA) is 128 Å². The molecule has 2 amide bonds. The van der Waals surface area contributed by atoms with Gasteiger partial charge in [-0.25, -0.2) is 8.42 Å². The van der Waals surface area contributed by atoms with Gasteiger partial charge in [0.2, 0.25) is 5.91 Å². The summed E-state index contributed by atoms with van der Waals surface area (Å²) in [5.74, 6) is -0.850. The van der Waals surface area contributed by atoms with E-state index < -0.39 is 27.9 Å². The summed E-state index contributed by atoms with van der Waals surface area (Å²) in [6, 6.07) is 19.3. The number of amides is 2. The zero-order chi connectivity index (χ0) is 24.7. The second-order valence-corrected chi connectivity index (χ2v) is 9.85. The summed E-state index contributed by atoms with van der Waals surface area (Å²) < 4.78 is 28.7. The first-order valence-electron chi connectivity index (χ1n) is 10.8. The predicted octanol–water partition coefficient (Wildman–Crippen LogP) is 3.42. The maximum absolute atomic E-state index is 13.1. The van der Waals surface area contributed by atoms with E-state index in [1.54, 1.807) is 30.3 Å². The molecule has 0 aliphatic rings. The Balaban J connectivity index is 1.81. The molecule has 0 spiro atoms. The smallest absolute Gasteiger partial charge is 0.262 e. The molecule has 0 fully saturated rings. The number of benzene rings is 3. The van der Waals surface area contributed by atoms with Gasteiger partial charge in [-0.2, -0.15) is 5.26 Å². The highest BCUT2D eigenvalue weighted by Crippen LogP contribution is 2.25. The number of carbonyl (C=O) groups is 2. The number of hydrogen-bond acceptors (Lipinski definition) is 5. The van der Waals surface area contributed by atoms with E-state index in [1.165, 1.54) is 18.2 Å². The molecule has 8 nitrogen and oxygen atoms in total. The van der Waals surface area contributed by atoms with E-state index in [-0.39, 0.29) is 28.6 Å². The SMILES string of the molecule is CC(C)CC(NC(=O)c1cccc(NS(=O)(=O)c2cccc3ccccc23)c1)C(=O)NCC#N. The van der Waals surface area contributed by atoms with E-state index in [2.05, 4.69) is 15.4 Å². The van der Waals surface area contributed by atoms with Gasteiger partial charge in [0.05, 0.1) is 11.0 Å². The molecule has 0 bridgehead atoms. The first kappa shape index (κ1) is 24.7. The van der Waals surface area contributed by atoms with Crippen LogP contribution in [0.3, 0.4) is 0 Å². The number of hydrogen-bond donors (Lipinski definition) is 3. The highest BCUT2D eigenvalue weighted by molar-refractivity contribution is 7.93. The maximum Gasteiger partial charge on any atom is 0.262 e. The summed E-state index contributed by atoms with van der Waals surface area (Å²) in [4.78, 5) is 25.3. The average Bonchev–Trinajstić information content (AvgIpc) is 2.81. The fourth-order valence-electron chi connectivity index (χ4n) is 3.56. The number of anilines is 1. The van der Waals surface area contributed by atoms with E-state index >= 15 is 0 Å². The minimum atomic E-state index is -3.92. The van der Waals surface area contributed by atoms with Crippen molar-refractivity contribution >= 4 is 38.3 Å². The lowest BCUT2D eigenvalue weighted by molar-refractivity contribution is -0.123. The largest absolute Gasteiger partial charge is 0.341 e. The van der Waals surface area contributed by atoms with Gasteiger partial charge in [0, 0.05) is 16.6 Å². The standard InChI is InChI=1S/C25H26N4O4S/c1-17(2)15-22(25(31)27-14-13-26)28-24(30)19-9-5-10-20(16-19)29-34(32,33)23-12-6-8-18-7-3-4-11-21(18)23/h3-12,16-17,22,29H,14-15H2,1-2H3,(H,27,31)(H,28,30). The lowest BCUT2D eigenvalue weighted by Gasteiger charge is -2.20. The second-order valence-electron chi connectivity index (χ2n) is 8.20. The third-order valence-electron chi connectivity index (χ3n) is 5.09. The highest BCUT2D eigenvalue weighted by Gasteiger charge is 2.23. The lowest BCUT2D eigenvalue weighted by Crippen LogP contribution is -2.47. The van der Waals surface area contributed by atoms with Crippen LogP contribution in [0.4, 0.5) is 5.69 Å². The zero-order valence-corrected chi connectivity index (χ0v) is 19.7. The van der Waals surface area contributed by atoms with Gasteiger partial charge in [-0.05, 0) is 42.0 Å². The Morgan fingerprint density at radius 1 is 1.00 bits per heavy atom. The normalized spacial score (nSPS) is 12.1. The van der Waals surface area contributed by atoms with Crippen molar-refractivity contribution in [3.05, 3.63) is 72.3 Å². The predicted molar refractivity (Wildman–Crippen MR) is 131 cm³/mol. The van der Waals surface area contributed by atoms with Crippen molar-refractivity contribution in [1.82, 2.24) is 10.6 Å². The average molecular weight is 479 g/mol. The molecule has 1 atom stereocenters. The molecule has 0 radical (unpaired) electrons. The molecule has 3 aromatic rings. The first-order valence-corrected chi connectivity index (χ1v) is 12.3. The van der Waals surface area contributed by atoms with Gasteiger partial charge < -0.3 is 10.6 Å². The second kappa shape index (κ2) is 10.8. The van der Waals surface area contributed by atoms with Crippen LogP contribution < -0.4 is 15.4 Å². The molecule has 9 heteroatoms. The molecule has 0 heterocycles. The molecule has 34 heavy (non-hydrogen) atoms. The minimum Gasteiger partial charge on any atom is -0.341 e.